The van der Waals surface area contributed by atoms with Gasteiger partial charge in [-0.2, -0.15) is 0 Å². The fraction of sp³-hybridized carbons (Fsp3) is 0.353. The van der Waals surface area contributed by atoms with Gasteiger partial charge in [0.1, 0.15) is 0 Å². The van der Waals surface area contributed by atoms with Crippen LogP contribution in [0.3, 0.4) is 0 Å². The minimum absolute atomic E-state index is 0.107. The summed E-state index contributed by atoms with van der Waals surface area (Å²) in [5, 5.41) is 14.7. The summed E-state index contributed by atoms with van der Waals surface area (Å²) in [5.41, 5.74) is 1.13. The van der Waals surface area contributed by atoms with Crippen LogP contribution < -0.4 is 5.32 Å². The lowest BCUT2D eigenvalue weighted by Crippen LogP contribution is -2.50. The second-order valence-corrected chi connectivity index (χ2v) is 6.91. The molecule has 1 unspecified atom stereocenters. The fourth-order valence-corrected chi connectivity index (χ4v) is 3.07. The Morgan fingerprint density at radius 3 is 2.75 bits per heavy atom. The van der Waals surface area contributed by atoms with E-state index in [1.165, 1.54) is 7.11 Å². The number of carboxylic acid groups (broad SMARTS) is 1. The maximum absolute atomic E-state index is 12.5. The molecule has 1 aromatic heterocycles. The van der Waals surface area contributed by atoms with Crippen LogP contribution in [-0.4, -0.2) is 41.2 Å². The molecule has 0 aliphatic heterocycles. The summed E-state index contributed by atoms with van der Waals surface area (Å²) < 4.78 is 5.05. The third kappa shape index (κ3) is 4.62. The number of aromatic nitrogens is 1. The topological polar surface area (TPSA) is 88.5 Å². The lowest BCUT2D eigenvalue weighted by atomic mass is 9.98. The first-order chi connectivity index (χ1) is 11.3. The molecule has 1 amide bonds. The smallest absolute Gasteiger partial charge is 0.305 e. The highest BCUT2D eigenvalue weighted by molar-refractivity contribution is 7.09. The Kier molecular flexibility index (Phi) is 5.69. The van der Waals surface area contributed by atoms with Gasteiger partial charge in [-0.05, 0) is 26.0 Å². The first-order valence-corrected chi connectivity index (χ1v) is 8.27. The average molecular weight is 348 g/mol. The van der Waals surface area contributed by atoms with Crippen LogP contribution in [0.25, 0.3) is 11.3 Å². The van der Waals surface area contributed by atoms with Gasteiger partial charge in [-0.25, -0.2) is 4.98 Å². The van der Waals surface area contributed by atoms with E-state index in [9.17, 15) is 9.59 Å². The molecule has 2 N–H and O–H groups in total. The predicted octanol–water partition coefficient (Wildman–Crippen LogP) is 2.73. The molecule has 0 spiro atoms. The van der Waals surface area contributed by atoms with Crippen molar-refractivity contribution in [1.82, 2.24) is 10.3 Å². The zero-order chi connectivity index (χ0) is 17.7. The molecule has 0 saturated heterocycles. The van der Waals surface area contributed by atoms with Crippen LogP contribution >= 0.6 is 11.3 Å². The Balaban J connectivity index is 2.21. The molecular formula is C17H20N2O4S. The van der Waals surface area contributed by atoms with E-state index >= 15 is 0 Å². The summed E-state index contributed by atoms with van der Waals surface area (Å²) >= 11 is 1.54. The number of hydrogen-bond acceptors (Lipinski definition) is 5. The van der Waals surface area contributed by atoms with E-state index in [4.69, 9.17) is 9.84 Å². The van der Waals surface area contributed by atoms with Gasteiger partial charge in [-0.15, -0.1) is 11.3 Å². The quantitative estimate of drug-likeness (QED) is 0.803. The third-order valence-electron chi connectivity index (χ3n) is 3.46. The Bertz CT molecular complexity index is 744. The molecule has 2 aromatic rings. The number of carboxylic acids is 1. The number of carbonyl (C=O) groups excluding carboxylic acids is 1. The Morgan fingerprint density at radius 2 is 2.17 bits per heavy atom. The van der Waals surface area contributed by atoms with E-state index in [0.717, 1.165) is 16.3 Å². The number of rotatable bonds is 7. The number of carbonyl (C=O) groups is 2. The van der Waals surface area contributed by atoms with E-state index in [2.05, 4.69) is 10.3 Å². The van der Waals surface area contributed by atoms with Crippen molar-refractivity contribution in [3.8, 4) is 11.3 Å². The monoisotopic (exact) mass is 348 g/mol. The van der Waals surface area contributed by atoms with Crippen LogP contribution in [0.4, 0.5) is 0 Å². The van der Waals surface area contributed by atoms with E-state index in [1.54, 1.807) is 36.5 Å². The minimum Gasteiger partial charge on any atom is -0.481 e. The van der Waals surface area contributed by atoms with Gasteiger partial charge < -0.3 is 15.2 Å². The van der Waals surface area contributed by atoms with Crippen LogP contribution in [0.5, 0.6) is 0 Å². The molecule has 128 valence electrons. The van der Waals surface area contributed by atoms with E-state index in [-0.39, 0.29) is 18.9 Å². The largest absolute Gasteiger partial charge is 0.481 e. The molecule has 6 nitrogen and oxygen atoms in total. The molecule has 1 aromatic carbocycles. The van der Waals surface area contributed by atoms with Crippen molar-refractivity contribution >= 4 is 23.2 Å². The maximum Gasteiger partial charge on any atom is 0.305 e. The lowest BCUT2D eigenvalue weighted by Gasteiger charge is -2.28. The molecule has 0 bridgehead atoms. The van der Waals surface area contributed by atoms with Gasteiger partial charge in [-0.1, -0.05) is 12.1 Å². The number of aryl methyl sites for hydroxylation is 1. The fourth-order valence-electron chi connectivity index (χ4n) is 2.45. The number of methoxy groups -OCH3 is 1. The number of hydrogen-bond donors (Lipinski definition) is 2. The highest BCUT2D eigenvalue weighted by Gasteiger charge is 2.30. The summed E-state index contributed by atoms with van der Waals surface area (Å²) in [6.45, 7) is 3.68. The Hall–Kier alpha value is -2.25. The number of aliphatic carboxylic acids is 1. The molecule has 0 aliphatic rings. The van der Waals surface area contributed by atoms with Gasteiger partial charge >= 0.3 is 5.97 Å². The molecule has 2 rings (SSSR count). The minimum atomic E-state index is -0.999. The summed E-state index contributed by atoms with van der Waals surface area (Å²) in [7, 11) is 1.47. The van der Waals surface area contributed by atoms with Crippen LogP contribution in [0.15, 0.2) is 29.6 Å². The summed E-state index contributed by atoms with van der Waals surface area (Å²) in [4.78, 5) is 28.0. The van der Waals surface area contributed by atoms with E-state index in [1.807, 2.05) is 18.4 Å². The molecule has 1 atom stereocenters. The second kappa shape index (κ2) is 7.55. The molecule has 1 heterocycles. The molecule has 7 heteroatoms. The Labute approximate surface area is 144 Å². The Morgan fingerprint density at radius 1 is 1.42 bits per heavy atom. The number of thiazole rings is 1. The summed E-state index contributed by atoms with van der Waals surface area (Å²) in [6, 6.07) is 7.10. The van der Waals surface area contributed by atoms with Crippen molar-refractivity contribution in [2.45, 2.75) is 25.8 Å². The van der Waals surface area contributed by atoms with Crippen molar-refractivity contribution in [2.24, 2.45) is 0 Å². The van der Waals surface area contributed by atoms with Crippen molar-refractivity contribution in [2.75, 3.05) is 13.7 Å². The van der Waals surface area contributed by atoms with Gasteiger partial charge in [0.05, 0.1) is 29.3 Å². The van der Waals surface area contributed by atoms with Crippen molar-refractivity contribution in [1.29, 1.82) is 0 Å². The summed E-state index contributed by atoms with van der Waals surface area (Å²) in [5.74, 6) is -1.34. The number of benzene rings is 1. The molecule has 0 radical (unpaired) electrons. The second-order valence-electron chi connectivity index (χ2n) is 5.85. The lowest BCUT2D eigenvalue weighted by molar-refractivity contribution is -0.139. The molecule has 0 fully saturated rings. The average Bonchev–Trinajstić information content (AvgIpc) is 2.93. The molecular weight excluding hydrogens is 328 g/mol. The molecule has 0 saturated carbocycles. The highest BCUT2D eigenvalue weighted by Crippen LogP contribution is 2.23. The maximum atomic E-state index is 12.5. The van der Waals surface area contributed by atoms with Gasteiger partial charge in [0, 0.05) is 23.6 Å². The first-order valence-electron chi connectivity index (χ1n) is 7.39. The van der Waals surface area contributed by atoms with E-state index < -0.39 is 11.5 Å². The van der Waals surface area contributed by atoms with Gasteiger partial charge in [0.2, 0.25) is 0 Å². The van der Waals surface area contributed by atoms with Gasteiger partial charge in [0.25, 0.3) is 5.91 Å². The van der Waals surface area contributed by atoms with Crippen LogP contribution in [0.2, 0.25) is 0 Å². The van der Waals surface area contributed by atoms with Gasteiger partial charge in [0.15, 0.2) is 0 Å². The first kappa shape index (κ1) is 18.1. The standard InChI is InChI=1S/C17H20N2O4S/c1-11-18-14(9-24-11)12-5-4-6-13(7-12)16(22)19-17(2,10-23-3)8-15(20)21/h4-7,9H,8,10H2,1-3H3,(H,19,22)(H,20,21). The molecule has 24 heavy (non-hydrogen) atoms. The van der Waals surface area contributed by atoms with Crippen LogP contribution in [-0.2, 0) is 9.53 Å². The van der Waals surface area contributed by atoms with Crippen molar-refractivity contribution in [3.05, 3.63) is 40.2 Å². The zero-order valence-electron chi connectivity index (χ0n) is 13.8. The van der Waals surface area contributed by atoms with Crippen molar-refractivity contribution in [3.63, 3.8) is 0 Å². The number of nitrogens with zero attached hydrogens (tertiary/aromatic N) is 1. The van der Waals surface area contributed by atoms with Gasteiger partial charge in [-0.3, -0.25) is 9.59 Å². The summed E-state index contributed by atoms with van der Waals surface area (Å²) in [6.07, 6.45) is -0.225. The highest BCUT2D eigenvalue weighted by atomic mass is 32.1. The number of nitrogens with one attached hydrogen (secondary N) is 1. The predicted molar refractivity (Wildman–Crippen MR) is 92.3 cm³/mol. The van der Waals surface area contributed by atoms with Crippen LogP contribution in [0.1, 0.15) is 28.7 Å². The number of ether oxygens (including phenoxy) is 1. The normalized spacial score (nSPS) is 13.3. The zero-order valence-corrected chi connectivity index (χ0v) is 14.6. The third-order valence-corrected chi connectivity index (χ3v) is 4.23. The number of amides is 1. The van der Waals surface area contributed by atoms with Crippen molar-refractivity contribution < 1.29 is 19.4 Å². The SMILES string of the molecule is COCC(C)(CC(=O)O)NC(=O)c1cccc(-c2csc(C)n2)c1. The van der Waals surface area contributed by atoms with Crippen LogP contribution in [0, 0.1) is 6.92 Å². The molecule has 0 aliphatic carbocycles. The van der Waals surface area contributed by atoms with E-state index in [0.29, 0.717) is 5.56 Å².